The maximum Gasteiger partial charge on any atom is 0.341 e. The minimum absolute atomic E-state index is 0.144. The summed E-state index contributed by atoms with van der Waals surface area (Å²) in [5, 5.41) is 8.61. The predicted molar refractivity (Wildman–Crippen MR) is 75.1 cm³/mol. The summed E-state index contributed by atoms with van der Waals surface area (Å²) in [7, 11) is 0. The number of ether oxygens (including phenoxy) is 1. The largest absolute Gasteiger partial charge is 0.482 e. The normalized spacial score (nSPS) is 14.3. The van der Waals surface area contributed by atoms with Gasteiger partial charge in [-0.1, -0.05) is 13.8 Å². The highest BCUT2D eigenvalue weighted by Gasteiger charge is 2.24. The van der Waals surface area contributed by atoms with Gasteiger partial charge < -0.3 is 14.7 Å². The molecule has 0 saturated carbocycles. The van der Waals surface area contributed by atoms with Gasteiger partial charge in [0.2, 0.25) is 5.91 Å². The standard InChI is InChI=1S/C15H19NO4/c1-10(2)8-16-13-5-4-12(20-9-15(18)19)7-11(13)3-6-14(16)17/h4-5,7,10H,3,6,8-9H2,1-2H3,(H,18,19). The van der Waals surface area contributed by atoms with Crippen molar-refractivity contribution in [2.24, 2.45) is 5.92 Å². The zero-order chi connectivity index (χ0) is 14.7. The molecule has 0 saturated heterocycles. The number of hydrogen-bond donors (Lipinski definition) is 1. The van der Waals surface area contributed by atoms with E-state index in [2.05, 4.69) is 13.8 Å². The summed E-state index contributed by atoms with van der Waals surface area (Å²) in [4.78, 5) is 24.3. The monoisotopic (exact) mass is 277 g/mol. The molecule has 1 aliphatic rings. The Balaban J connectivity index is 2.21. The van der Waals surface area contributed by atoms with Crippen LogP contribution in [0, 0.1) is 5.92 Å². The fraction of sp³-hybridized carbons (Fsp3) is 0.467. The number of carboxylic acid groups (broad SMARTS) is 1. The van der Waals surface area contributed by atoms with Crippen molar-refractivity contribution in [2.75, 3.05) is 18.1 Å². The molecule has 1 aromatic rings. The van der Waals surface area contributed by atoms with Crippen molar-refractivity contribution in [2.45, 2.75) is 26.7 Å². The fourth-order valence-corrected chi connectivity index (χ4v) is 2.34. The summed E-state index contributed by atoms with van der Waals surface area (Å²) >= 11 is 0. The van der Waals surface area contributed by atoms with E-state index in [1.54, 1.807) is 6.07 Å². The molecule has 20 heavy (non-hydrogen) atoms. The number of rotatable bonds is 5. The average Bonchev–Trinajstić information content (AvgIpc) is 2.39. The smallest absolute Gasteiger partial charge is 0.341 e. The molecule has 0 radical (unpaired) electrons. The van der Waals surface area contributed by atoms with E-state index >= 15 is 0 Å². The van der Waals surface area contributed by atoms with E-state index in [4.69, 9.17) is 9.84 Å². The third-order valence-corrected chi connectivity index (χ3v) is 3.16. The highest BCUT2D eigenvalue weighted by molar-refractivity contribution is 5.96. The zero-order valence-corrected chi connectivity index (χ0v) is 11.8. The first-order valence-corrected chi connectivity index (χ1v) is 6.75. The van der Waals surface area contributed by atoms with Crippen molar-refractivity contribution in [1.82, 2.24) is 0 Å². The van der Waals surface area contributed by atoms with Crippen LogP contribution in [0.3, 0.4) is 0 Å². The number of carboxylic acids is 1. The molecule has 108 valence electrons. The van der Waals surface area contributed by atoms with Gasteiger partial charge in [0, 0.05) is 18.7 Å². The van der Waals surface area contributed by atoms with Crippen LogP contribution >= 0.6 is 0 Å². The Kier molecular flexibility index (Phi) is 4.27. The van der Waals surface area contributed by atoms with Crippen molar-refractivity contribution >= 4 is 17.6 Å². The maximum absolute atomic E-state index is 12.0. The van der Waals surface area contributed by atoms with Crippen LogP contribution in [0.1, 0.15) is 25.8 Å². The summed E-state index contributed by atoms with van der Waals surface area (Å²) in [5.41, 5.74) is 1.95. The van der Waals surface area contributed by atoms with Crippen molar-refractivity contribution in [3.05, 3.63) is 23.8 Å². The van der Waals surface area contributed by atoms with E-state index in [1.807, 2.05) is 17.0 Å². The van der Waals surface area contributed by atoms with Crippen LogP contribution in [-0.2, 0) is 16.0 Å². The summed E-state index contributed by atoms with van der Waals surface area (Å²) in [6, 6.07) is 5.39. The molecule has 1 aliphatic heterocycles. The molecular weight excluding hydrogens is 258 g/mol. The van der Waals surface area contributed by atoms with Gasteiger partial charge in [-0.15, -0.1) is 0 Å². The van der Waals surface area contributed by atoms with Crippen LogP contribution in [0.4, 0.5) is 5.69 Å². The number of nitrogens with zero attached hydrogens (tertiary/aromatic N) is 1. The van der Waals surface area contributed by atoms with E-state index in [1.165, 1.54) is 0 Å². The topological polar surface area (TPSA) is 66.8 Å². The Morgan fingerprint density at radius 3 is 2.80 bits per heavy atom. The number of carbonyl (C=O) groups is 2. The van der Waals surface area contributed by atoms with Gasteiger partial charge in [-0.3, -0.25) is 4.79 Å². The predicted octanol–water partition coefficient (Wildman–Crippen LogP) is 2.09. The van der Waals surface area contributed by atoms with Crippen molar-refractivity contribution in [3.8, 4) is 5.75 Å². The molecule has 0 spiro atoms. The molecule has 0 bridgehead atoms. The lowest BCUT2D eigenvalue weighted by atomic mass is 9.99. The minimum Gasteiger partial charge on any atom is -0.482 e. The maximum atomic E-state index is 12.0. The van der Waals surface area contributed by atoms with Crippen LogP contribution in [0.5, 0.6) is 5.75 Å². The second kappa shape index (κ2) is 5.94. The van der Waals surface area contributed by atoms with Crippen LogP contribution in [0.2, 0.25) is 0 Å². The summed E-state index contributed by atoms with van der Waals surface area (Å²) in [5.74, 6) is 0.0718. The van der Waals surface area contributed by atoms with Gasteiger partial charge in [0.25, 0.3) is 0 Å². The molecule has 0 atom stereocenters. The van der Waals surface area contributed by atoms with Crippen molar-refractivity contribution in [3.63, 3.8) is 0 Å². The van der Waals surface area contributed by atoms with Crippen molar-refractivity contribution in [1.29, 1.82) is 0 Å². The first-order valence-electron chi connectivity index (χ1n) is 6.75. The number of aliphatic carboxylic acids is 1. The van der Waals surface area contributed by atoms with Crippen molar-refractivity contribution < 1.29 is 19.4 Å². The number of aryl methyl sites for hydroxylation is 1. The highest BCUT2D eigenvalue weighted by Crippen LogP contribution is 2.31. The third kappa shape index (κ3) is 3.29. The number of anilines is 1. The van der Waals surface area contributed by atoms with Crippen LogP contribution in [-0.4, -0.2) is 30.1 Å². The first kappa shape index (κ1) is 14.4. The van der Waals surface area contributed by atoms with Gasteiger partial charge in [0.15, 0.2) is 6.61 Å². The molecule has 0 aromatic heterocycles. The fourth-order valence-electron chi connectivity index (χ4n) is 2.34. The van der Waals surface area contributed by atoms with Gasteiger partial charge in [0.1, 0.15) is 5.75 Å². The molecule has 1 aromatic carbocycles. The minimum atomic E-state index is -1.00. The number of benzene rings is 1. The molecule has 5 heteroatoms. The number of amides is 1. The lowest BCUT2D eigenvalue weighted by Gasteiger charge is -2.31. The van der Waals surface area contributed by atoms with Crippen LogP contribution in [0.25, 0.3) is 0 Å². The molecule has 1 amide bonds. The summed E-state index contributed by atoms with van der Waals surface area (Å²) in [6.45, 7) is 4.49. The van der Waals surface area contributed by atoms with Gasteiger partial charge in [-0.25, -0.2) is 4.79 Å². The van der Waals surface area contributed by atoms with Gasteiger partial charge in [-0.2, -0.15) is 0 Å². The van der Waals surface area contributed by atoms with E-state index in [0.717, 1.165) is 11.3 Å². The van der Waals surface area contributed by atoms with E-state index in [9.17, 15) is 9.59 Å². The second-order valence-corrected chi connectivity index (χ2v) is 5.37. The summed E-state index contributed by atoms with van der Waals surface area (Å²) < 4.78 is 5.17. The van der Waals surface area contributed by atoms with Crippen LogP contribution < -0.4 is 9.64 Å². The Bertz CT molecular complexity index is 525. The average molecular weight is 277 g/mol. The number of carbonyl (C=O) groups excluding carboxylic acids is 1. The lowest BCUT2D eigenvalue weighted by molar-refractivity contribution is -0.139. The molecule has 0 unspecified atom stereocenters. The summed E-state index contributed by atoms with van der Waals surface area (Å²) in [6.07, 6.45) is 1.16. The van der Waals surface area contributed by atoms with Gasteiger partial charge in [-0.05, 0) is 36.1 Å². The molecular formula is C15H19NO4. The molecule has 5 nitrogen and oxygen atoms in total. The number of hydrogen-bond acceptors (Lipinski definition) is 3. The van der Waals surface area contributed by atoms with Crippen LogP contribution in [0.15, 0.2) is 18.2 Å². The van der Waals surface area contributed by atoms with E-state index < -0.39 is 5.97 Å². The van der Waals surface area contributed by atoms with Gasteiger partial charge in [0.05, 0.1) is 0 Å². The third-order valence-electron chi connectivity index (χ3n) is 3.16. The first-order chi connectivity index (χ1) is 9.47. The Hall–Kier alpha value is -2.04. The Morgan fingerprint density at radius 1 is 1.40 bits per heavy atom. The second-order valence-electron chi connectivity index (χ2n) is 5.37. The quantitative estimate of drug-likeness (QED) is 0.895. The molecule has 1 N–H and O–H groups in total. The SMILES string of the molecule is CC(C)CN1C(=O)CCc2cc(OCC(=O)O)ccc21. The molecule has 2 rings (SSSR count). The van der Waals surface area contributed by atoms with Gasteiger partial charge >= 0.3 is 5.97 Å². The zero-order valence-electron chi connectivity index (χ0n) is 11.8. The highest BCUT2D eigenvalue weighted by atomic mass is 16.5. The number of fused-ring (bicyclic) bond motifs is 1. The lowest BCUT2D eigenvalue weighted by Crippen LogP contribution is -2.37. The molecule has 1 heterocycles. The molecule has 0 fully saturated rings. The van der Waals surface area contributed by atoms with E-state index in [-0.39, 0.29) is 12.5 Å². The Labute approximate surface area is 118 Å². The molecule has 0 aliphatic carbocycles. The van der Waals surface area contributed by atoms with E-state index in [0.29, 0.717) is 31.1 Å². The Morgan fingerprint density at radius 2 is 2.15 bits per heavy atom.